The van der Waals surface area contributed by atoms with E-state index in [4.69, 9.17) is 46.4 Å². The van der Waals surface area contributed by atoms with Crippen LogP contribution in [0.5, 0.6) is 0 Å². The molecule has 0 aliphatic carbocycles. The van der Waals surface area contributed by atoms with Crippen LogP contribution in [0, 0.1) is 6.07 Å². The van der Waals surface area contributed by atoms with Gasteiger partial charge in [0, 0.05) is 6.07 Å². The largest absolute Gasteiger partial charge is 0.268 e. The second-order valence-electron chi connectivity index (χ2n) is 4.20. The van der Waals surface area contributed by atoms with E-state index < -0.39 is 11.8 Å². The Kier molecular flexibility index (Phi) is 3.62. The van der Waals surface area contributed by atoms with Crippen molar-refractivity contribution < 1.29 is 9.59 Å². The first kappa shape index (κ1) is 14.7. The SMILES string of the molecule is O=C1c2c(Cl)c(Cl)c(Cl)c(Cl)c2C(=O)N1c1[c]cccc1. The number of halogens is 4. The lowest BCUT2D eigenvalue weighted by Gasteiger charge is -2.12. The van der Waals surface area contributed by atoms with E-state index in [1.807, 2.05) is 0 Å². The van der Waals surface area contributed by atoms with Gasteiger partial charge in [0.05, 0.1) is 36.9 Å². The Labute approximate surface area is 140 Å². The number of rotatable bonds is 1. The molecule has 0 saturated heterocycles. The van der Waals surface area contributed by atoms with E-state index in [2.05, 4.69) is 6.07 Å². The number of carbonyl (C=O) groups excluding carboxylic acids is 2. The first-order chi connectivity index (χ1) is 9.95. The van der Waals surface area contributed by atoms with Crippen LogP contribution in [0.25, 0.3) is 0 Å². The number of amides is 2. The molecule has 0 aromatic heterocycles. The van der Waals surface area contributed by atoms with Gasteiger partial charge in [0.25, 0.3) is 11.8 Å². The molecule has 2 aromatic rings. The average Bonchev–Trinajstić information content (AvgIpc) is 2.75. The first-order valence-electron chi connectivity index (χ1n) is 5.66. The number of fused-ring (bicyclic) bond motifs is 1. The molecule has 105 valence electrons. The van der Waals surface area contributed by atoms with Crippen LogP contribution < -0.4 is 4.90 Å². The summed E-state index contributed by atoms with van der Waals surface area (Å²) < 4.78 is 0. The van der Waals surface area contributed by atoms with Gasteiger partial charge in [-0.25, -0.2) is 4.90 Å². The van der Waals surface area contributed by atoms with E-state index >= 15 is 0 Å². The van der Waals surface area contributed by atoms with E-state index in [0.29, 0.717) is 5.69 Å². The molecule has 0 fully saturated rings. The van der Waals surface area contributed by atoms with Crippen molar-refractivity contribution >= 4 is 63.9 Å². The highest BCUT2D eigenvalue weighted by atomic mass is 35.5. The minimum Gasteiger partial charge on any atom is -0.268 e. The van der Waals surface area contributed by atoms with Crippen molar-refractivity contribution in [3.05, 3.63) is 61.5 Å². The molecule has 2 amide bonds. The Morgan fingerprint density at radius 2 is 1.33 bits per heavy atom. The predicted octanol–water partition coefficient (Wildman–Crippen LogP) is 4.90. The maximum atomic E-state index is 12.5. The van der Waals surface area contributed by atoms with Crippen LogP contribution >= 0.6 is 46.4 Å². The summed E-state index contributed by atoms with van der Waals surface area (Å²) in [4.78, 5) is 25.9. The highest BCUT2D eigenvalue weighted by molar-refractivity contribution is 6.56. The van der Waals surface area contributed by atoms with Crippen molar-refractivity contribution in [3.63, 3.8) is 0 Å². The molecule has 3 rings (SSSR count). The molecule has 1 aliphatic heterocycles. The van der Waals surface area contributed by atoms with Gasteiger partial charge in [-0.05, 0) is 6.07 Å². The maximum Gasteiger partial charge on any atom is 0.267 e. The topological polar surface area (TPSA) is 37.4 Å². The molecule has 2 aromatic carbocycles. The van der Waals surface area contributed by atoms with Gasteiger partial charge in [0.1, 0.15) is 0 Å². The zero-order chi connectivity index (χ0) is 15.3. The Bertz CT molecular complexity index is 743. The highest BCUT2D eigenvalue weighted by Crippen LogP contribution is 2.45. The third kappa shape index (κ3) is 2.04. The molecule has 7 heteroatoms. The summed E-state index contributed by atoms with van der Waals surface area (Å²) in [6.45, 7) is 0. The number of hydrogen-bond donors (Lipinski definition) is 0. The minimum atomic E-state index is -0.608. The number of hydrogen-bond acceptors (Lipinski definition) is 2. The molecule has 0 saturated carbocycles. The van der Waals surface area contributed by atoms with Crippen molar-refractivity contribution in [1.82, 2.24) is 0 Å². The van der Waals surface area contributed by atoms with Crippen LogP contribution in [0.1, 0.15) is 20.7 Å². The summed E-state index contributed by atoms with van der Waals surface area (Å²) in [5.41, 5.74) is 0.208. The molecule has 0 N–H and O–H groups in total. The van der Waals surface area contributed by atoms with E-state index in [9.17, 15) is 9.59 Å². The lowest BCUT2D eigenvalue weighted by Crippen LogP contribution is -2.29. The van der Waals surface area contributed by atoms with Crippen molar-refractivity contribution in [2.45, 2.75) is 0 Å². The van der Waals surface area contributed by atoms with Crippen LogP contribution in [0.3, 0.4) is 0 Å². The number of anilines is 1. The van der Waals surface area contributed by atoms with E-state index in [-0.39, 0.29) is 31.2 Å². The van der Waals surface area contributed by atoms with Crippen LogP contribution in [-0.4, -0.2) is 11.8 Å². The highest BCUT2D eigenvalue weighted by Gasteiger charge is 2.42. The summed E-state index contributed by atoms with van der Waals surface area (Å²) in [6.07, 6.45) is 0. The average molecular weight is 360 g/mol. The van der Waals surface area contributed by atoms with Crippen LogP contribution in [-0.2, 0) is 0 Å². The van der Waals surface area contributed by atoms with Crippen LogP contribution in [0.2, 0.25) is 20.1 Å². The summed E-state index contributed by atoms with van der Waals surface area (Å²) in [6, 6.07) is 9.36. The Morgan fingerprint density at radius 3 is 1.76 bits per heavy atom. The molecular weight excluding hydrogens is 356 g/mol. The van der Waals surface area contributed by atoms with Crippen LogP contribution in [0.4, 0.5) is 5.69 Å². The van der Waals surface area contributed by atoms with E-state index in [1.165, 1.54) is 0 Å². The van der Waals surface area contributed by atoms with Gasteiger partial charge in [0.2, 0.25) is 0 Å². The molecule has 0 spiro atoms. The smallest absolute Gasteiger partial charge is 0.267 e. The molecule has 1 heterocycles. The third-order valence-electron chi connectivity index (χ3n) is 3.03. The molecule has 0 atom stereocenters. The lowest BCUT2D eigenvalue weighted by molar-refractivity contribution is 0.0926. The van der Waals surface area contributed by atoms with E-state index in [0.717, 1.165) is 4.90 Å². The molecule has 21 heavy (non-hydrogen) atoms. The van der Waals surface area contributed by atoms with Crippen LogP contribution in [0.15, 0.2) is 24.3 Å². The fourth-order valence-electron chi connectivity index (χ4n) is 2.09. The Hall–Kier alpha value is -1.26. The Morgan fingerprint density at radius 1 is 0.810 bits per heavy atom. The second-order valence-corrected chi connectivity index (χ2v) is 5.71. The van der Waals surface area contributed by atoms with Crippen molar-refractivity contribution in [3.8, 4) is 0 Å². The van der Waals surface area contributed by atoms with E-state index in [1.54, 1.807) is 24.3 Å². The minimum absolute atomic E-state index is 0.0432. The van der Waals surface area contributed by atoms with Crippen molar-refractivity contribution in [2.75, 3.05) is 4.90 Å². The van der Waals surface area contributed by atoms with Gasteiger partial charge < -0.3 is 0 Å². The number of para-hydroxylation sites is 1. The standard InChI is InChI=1S/C14H4Cl4NO2/c15-9-7-8(10(16)12(18)11(9)17)14(21)19(13(7)20)6-4-2-1-3-5-6/h1-4H. The van der Waals surface area contributed by atoms with Gasteiger partial charge >= 0.3 is 0 Å². The van der Waals surface area contributed by atoms with Gasteiger partial charge in [-0.2, -0.15) is 0 Å². The quantitative estimate of drug-likeness (QED) is 0.412. The molecule has 1 aliphatic rings. The maximum absolute atomic E-state index is 12.5. The zero-order valence-corrected chi connectivity index (χ0v) is 13.1. The van der Waals surface area contributed by atoms with Gasteiger partial charge in [-0.3, -0.25) is 9.59 Å². The summed E-state index contributed by atoms with van der Waals surface area (Å²) >= 11 is 24.0. The molecule has 1 radical (unpaired) electrons. The van der Waals surface area contributed by atoms with Crippen molar-refractivity contribution in [2.24, 2.45) is 0 Å². The normalized spacial score (nSPS) is 13.8. The zero-order valence-electron chi connectivity index (χ0n) is 10.1. The second kappa shape index (κ2) is 5.18. The van der Waals surface area contributed by atoms with Gasteiger partial charge in [-0.15, -0.1) is 0 Å². The molecule has 0 bridgehead atoms. The third-order valence-corrected chi connectivity index (χ3v) is 4.84. The fourth-order valence-corrected chi connectivity index (χ4v) is 3.11. The summed E-state index contributed by atoms with van der Waals surface area (Å²) in [5, 5.41) is -0.278. The summed E-state index contributed by atoms with van der Waals surface area (Å²) in [5.74, 6) is -1.22. The molecule has 0 unspecified atom stereocenters. The Balaban J connectivity index is 2.27. The number of imide groups is 1. The fraction of sp³-hybridized carbons (Fsp3) is 0. The molecule has 3 nitrogen and oxygen atoms in total. The number of benzene rings is 2. The van der Waals surface area contributed by atoms with Gasteiger partial charge in [-0.1, -0.05) is 64.6 Å². The number of nitrogens with zero attached hydrogens (tertiary/aromatic N) is 1. The lowest BCUT2D eigenvalue weighted by atomic mass is 10.1. The molecular formula is C14H4Cl4NO2. The predicted molar refractivity (Wildman–Crippen MR) is 82.9 cm³/mol. The first-order valence-corrected chi connectivity index (χ1v) is 7.17. The van der Waals surface area contributed by atoms with Crippen molar-refractivity contribution in [1.29, 1.82) is 0 Å². The van der Waals surface area contributed by atoms with Gasteiger partial charge in [0.15, 0.2) is 0 Å². The monoisotopic (exact) mass is 358 g/mol. The summed E-state index contributed by atoms with van der Waals surface area (Å²) in [7, 11) is 0. The number of carbonyl (C=O) groups is 2.